The minimum atomic E-state index is -0.870. The largest absolute Gasteiger partial charge is 0.508 e. The number of phenolic OH excluding ortho intramolecular Hbond substituents is 2. The van der Waals surface area contributed by atoms with Crippen LogP contribution in [-0.4, -0.2) is 41.5 Å². The van der Waals surface area contributed by atoms with Gasteiger partial charge >= 0.3 is 11.9 Å². The van der Waals surface area contributed by atoms with Crippen molar-refractivity contribution >= 4 is 33.7 Å². The molecule has 0 aliphatic heterocycles. The number of phenols is 2. The first kappa shape index (κ1) is 30.9. The third-order valence-electron chi connectivity index (χ3n) is 8.20. The van der Waals surface area contributed by atoms with Crippen molar-refractivity contribution in [1.29, 1.82) is 0 Å². The molecule has 6 aromatic rings. The molecule has 0 saturated heterocycles. The molecule has 0 fully saturated rings. The van der Waals surface area contributed by atoms with Gasteiger partial charge in [-0.1, -0.05) is 72.8 Å². The Morgan fingerprint density at radius 3 is 1.84 bits per heavy atom. The maximum absolute atomic E-state index is 11.2. The molecule has 0 saturated carbocycles. The maximum Gasteiger partial charge on any atom is 0.307 e. The van der Waals surface area contributed by atoms with Crippen molar-refractivity contribution in [2.45, 2.75) is 46.2 Å². The predicted molar refractivity (Wildman–Crippen MR) is 175 cm³/mol. The summed E-state index contributed by atoms with van der Waals surface area (Å²) in [4.78, 5) is 22.3. The van der Waals surface area contributed by atoms with Gasteiger partial charge in [-0.3, -0.25) is 9.59 Å². The summed E-state index contributed by atoms with van der Waals surface area (Å²) >= 11 is 0. The van der Waals surface area contributed by atoms with Crippen LogP contribution in [0.25, 0.3) is 21.8 Å². The van der Waals surface area contributed by atoms with Gasteiger partial charge in [0.05, 0.1) is 18.4 Å². The summed E-state index contributed by atoms with van der Waals surface area (Å²) in [6, 6.07) is 30.5. The minimum absolute atomic E-state index is 0.0376. The molecule has 4 N–H and O–H groups in total. The number of carboxylic acid groups (broad SMARTS) is 2. The number of nitrogens with zero attached hydrogens (tertiary/aromatic N) is 2. The van der Waals surface area contributed by atoms with Gasteiger partial charge < -0.3 is 29.6 Å². The molecule has 0 spiro atoms. The van der Waals surface area contributed by atoms with Crippen molar-refractivity contribution in [1.82, 2.24) is 9.13 Å². The molecule has 0 aliphatic carbocycles. The summed E-state index contributed by atoms with van der Waals surface area (Å²) in [6.45, 7) is 5.22. The minimum Gasteiger partial charge on any atom is -0.508 e. The summed E-state index contributed by atoms with van der Waals surface area (Å²) < 4.78 is 4.12. The second kappa shape index (κ2) is 13.4. The number of carboxylic acids is 2. The van der Waals surface area contributed by atoms with Gasteiger partial charge in [-0.2, -0.15) is 0 Å². The molecule has 8 nitrogen and oxygen atoms in total. The molecular weight excluding hydrogens is 568 g/mol. The molecule has 45 heavy (non-hydrogen) atoms. The van der Waals surface area contributed by atoms with Crippen LogP contribution in [0.5, 0.6) is 11.5 Å². The summed E-state index contributed by atoms with van der Waals surface area (Å²) in [5.41, 5.74) is 7.37. The number of aryl methyl sites for hydroxylation is 2. The first-order chi connectivity index (χ1) is 21.6. The van der Waals surface area contributed by atoms with Crippen LogP contribution in [0.15, 0.2) is 97.1 Å². The number of fused-ring (bicyclic) bond motifs is 2. The lowest BCUT2D eigenvalue weighted by Gasteiger charge is -2.09. The number of aromatic hydroxyl groups is 2. The summed E-state index contributed by atoms with van der Waals surface area (Å²) in [5.74, 6) is -1.40. The van der Waals surface area contributed by atoms with E-state index in [2.05, 4.69) is 16.7 Å². The van der Waals surface area contributed by atoms with Crippen molar-refractivity contribution in [2.75, 3.05) is 0 Å². The molecular formula is C37H36N2O6. The summed E-state index contributed by atoms with van der Waals surface area (Å²) in [6.07, 6.45) is 0.788. The van der Waals surface area contributed by atoms with Gasteiger partial charge in [0.15, 0.2) is 0 Å². The fourth-order valence-corrected chi connectivity index (χ4v) is 6.01. The lowest BCUT2D eigenvalue weighted by atomic mass is 10.1. The Balaban J connectivity index is 0.000000178. The van der Waals surface area contributed by atoms with Crippen molar-refractivity contribution in [3.8, 4) is 11.5 Å². The molecule has 0 amide bonds. The van der Waals surface area contributed by atoms with Crippen molar-refractivity contribution in [3.63, 3.8) is 0 Å². The second-order valence-electron chi connectivity index (χ2n) is 11.1. The Morgan fingerprint density at radius 2 is 1.22 bits per heavy atom. The van der Waals surface area contributed by atoms with Gasteiger partial charge in [-0.15, -0.1) is 0 Å². The van der Waals surface area contributed by atoms with Crippen LogP contribution < -0.4 is 0 Å². The summed E-state index contributed by atoms with van der Waals surface area (Å²) in [7, 11) is 0. The number of carbonyl (C=O) groups is 2. The zero-order chi connectivity index (χ0) is 32.1. The molecule has 0 bridgehead atoms. The zero-order valence-corrected chi connectivity index (χ0v) is 25.3. The molecule has 8 heteroatoms. The fourth-order valence-electron chi connectivity index (χ4n) is 6.01. The van der Waals surface area contributed by atoms with Crippen molar-refractivity contribution in [3.05, 3.63) is 131 Å². The Hall–Kier alpha value is -5.50. The van der Waals surface area contributed by atoms with Gasteiger partial charge in [0.2, 0.25) is 0 Å². The SMILES string of the molecule is Cc1c(CC(=O)O)c2cc(O)ccc2n1CCc1ccccc1.Cc1c(CC(=O)O)c2cccc(O)c2n1Cc1ccccc1. The quantitative estimate of drug-likeness (QED) is 0.143. The number of hydrogen-bond donors (Lipinski definition) is 4. The second-order valence-corrected chi connectivity index (χ2v) is 11.1. The number of aromatic nitrogens is 2. The monoisotopic (exact) mass is 604 g/mol. The van der Waals surface area contributed by atoms with Gasteiger partial charge in [0.1, 0.15) is 11.5 Å². The van der Waals surface area contributed by atoms with Crippen LogP contribution in [0.1, 0.15) is 33.6 Å². The van der Waals surface area contributed by atoms with E-state index in [1.54, 1.807) is 24.3 Å². The normalized spacial score (nSPS) is 11.0. The fraction of sp³-hybridized carbons (Fsp3) is 0.189. The van der Waals surface area contributed by atoms with Gasteiger partial charge in [0, 0.05) is 40.8 Å². The number of aliphatic carboxylic acids is 2. The van der Waals surface area contributed by atoms with E-state index in [9.17, 15) is 19.8 Å². The van der Waals surface area contributed by atoms with Crippen LogP contribution >= 0.6 is 0 Å². The molecule has 230 valence electrons. The van der Waals surface area contributed by atoms with E-state index in [1.165, 1.54) is 5.56 Å². The molecule has 0 unspecified atom stereocenters. The number of rotatable bonds is 9. The lowest BCUT2D eigenvalue weighted by Crippen LogP contribution is -2.05. The Kier molecular flexibility index (Phi) is 9.23. The van der Waals surface area contributed by atoms with E-state index in [1.807, 2.05) is 79.1 Å². The van der Waals surface area contributed by atoms with Crippen LogP contribution in [0.3, 0.4) is 0 Å². The molecule has 0 atom stereocenters. The Labute approximate surface area is 261 Å². The van der Waals surface area contributed by atoms with E-state index in [0.717, 1.165) is 57.3 Å². The predicted octanol–water partition coefficient (Wildman–Crippen LogP) is 6.86. The van der Waals surface area contributed by atoms with E-state index >= 15 is 0 Å². The van der Waals surface area contributed by atoms with Crippen LogP contribution in [0.2, 0.25) is 0 Å². The number of benzene rings is 4. The van der Waals surface area contributed by atoms with E-state index in [-0.39, 0.29) is 24.3 Å². The highest BCUT2D eigenvalue weighted by molar-refractivity contribution is 5.93. The summed E-state index contributed by atoms with van der Waals surface area (Å²) in [5, 5.41) is 39.9. The third-order valence-corrected chi connectivity index (χ3v) is 8.20. The molecule has 0 aliphatic rings. The average Bonchev–Trinajstić information content (AvgIpc) is 3.42. The highest BCUT2D eigenvalue weighted by Gasteiger charge is 2.19. The number of para-hydroxylation sites is 1. The maximum atomic E-state index is 11.2. The molecule has 2 heterocycles. The topological polar surface area (TPSA) is 125 Å². The lowest BCUT2D eigenvalue weighted by molar-refractivity contribution is -0.137. The van der Waals surface area contributed by atoms with Crippen LogP contribution in [0.4, 0.5) is 0 Å². The van der Waals surface area contributed by atoms with Crippen LogP contribution in [0, 0.1) is 13.8 Å². The van der Waals surface area contributed by atoms with Gasteiger partial charge in [-0.25, -0.2) is 0 Å². The molecule has 4 aromatic carbocycles. The first-order valence-electron chi connectivity index (χ1n) is 14.8. The third kappa shape index (κ3) is 6.86. The average molecular weight is 605 g/mol. The molecule has 0 radical (unpaired) electrons. The Morgan fingerprint density at radius 1 is 0.644 bits per heavy atom. The van der Waals surface area contributed by atoms with Crippen molar-refractivity contribution < 1.29 is 30.0 Å². The van der Waals surface area contributed by atoms with Crippen molar-refractivity contribution in [2.24, 2.45) is 0 Å². The van der Waals surface area contributed by atoms with E-state index < -0.39 is 11.9 Å². The number of hydrogen-bond acceptors (Lipinski definition) is 4. The van der Waals surface area contributed by atoms with E-state index in [4.69, 9.17) is 10.2 Å². The first-order valence-corrected chi connectivity index (χ1v) is 14.8. The van der Waals surface area contributed by atoms with E-state index in [0.29, 0.717) is 12.1 Å². The molecule has 2 aromatic heterocycles. The van der Waals surface area contributed by atoms with Gasteiger partial charge in [0.25, 0.3) is 0 Å². The highest BCUT2D eigenvalue weighted by atomic mass is 16.4. The highest BCUT2D eigenvalue weighted by Crippen LogP contribution is 2.33. The smallest absolute Gasteiger partial charge is 0.307 e. The molecule has 6 rings (SSSR count). The Bertz CT molecular complexity index is 1970. The zero-order valence-electron chi connectivity index (χ0n) is 25.3. The van der Waals surface area contributed by atoms with Crippen LogP contribution in [-0.2, 0) is 41.9 Å². The van der Waals surface area contributed by atoms with Gasteiger partial charge in [-0.05, 0) is 66.8 Å². The standard InChI is InChI=1S/C19H19NO3.C18H17NO3/c1-13-16(12-19(22)23)17-11-15(21)7-8-18(17)20(13)10-9-14-5-3-2-4-6-14;1-12-15(10-17(21)22)14-8-5-9-16(20)18(14)19(12)11-13-6-3-2-4-7-13/h2-8,11,21H,9-10,12H2,1H3,(H,22,23);2-9,20H,10-11H2,1H3,(H,21,22).